The van der Waals surface area contributed by atoms with Gasteiger partial charge in [-0.3, -0.25) is 4.79 Å². The van der Waals surface area contributed by atoms with Gasteiger partial charge in [0.05, 0.1) is 0 Å². The van der Waals surface area contributed by atoms with Crippen molar-refractivity contribution in [2.24, 2.45) is 5.92 Å². The molecule has 0 aromatic carbocycles. The molecule has 0 bridgehead atoms. The van der Waals surface area contributed by atoms with Crippen molar-refractivity contribution in [3.63, 3.8) is 0 Å². The highest BCUT2D eigenvalue weighted by Gasteiger charge is 2.20. The van der Waals surface area contributed by atoms with E-state index in [-0.39, 0.29) is 5.91 Å². The van der Waals surface area contributed by atoms with Gasteiger partial charge in [-0.2, -0.15) is 0 Å². The fourth-order valence-corrected chi connectivity index (χ4v) is 2.78. The summed E-state index contributed by atoms with van der Waals surface area (Å²) in [5, 5.41) is 6.46. The molecule has 1 aliphatic carbocycles. The molecule has 2 rings (SSSR count). The minimum absolute atomic E-state index is 0.202. The molecule has 2 N–H and O–H groups in total. The highest BCUT2D eigenvalue weighted by atomic mass is 16.1. The average Bonchev–Trinajstić information content (AvgIpc) is 2.46. The Morgan fingerprint density at radius 2 is 2.00 bits per heavy atom. The van der Waals surface area contributed by atoms with Gasteiger partial charge in [0.15, 0.2) is 0 Å². The Morgan fingerprint density at radius 3 is 2.80 bits per heavy atom. The number of carbonyl (C=O) groups is 1. The maximum absolute atomic E-state index is 11.2. The summed E-state index contributed by atoms with van der Waals surface area (Å²) in [5.74, 6) is 1.10. The zero-order chi connectivity index (χ0) is 10.5. The molecule has 2 fully saturated rings. The van der Waals surface area contributed by atoms with Crippen molar-refractivity contribution in [1.82, 2.24) is 10.6 Å². The molecular weight excluding hydrogens is 188 g/mol. The topological polar surface area (TPSA) is 41.1 Å². The van der Waals surface area contributed by atoms with Crippen LogP contribution in [0.3, 0.4) is 0 Å². The van der Waals surface area contributed by atoms with E-state index in [2.05, 4.69) is 10.6 Å². The standard InChI is InChI=1S/C12H22N2O/c15-12-6-7-13-11(9-14-12)8-10-4-2-1-3-5-10/h10-11,13H,1-9H2,(H,14,15). The smallest absolute Gasteiger partial charge is 0.221 e. The third-order valence-corrected chi connectivity index (χ3v) is 3.67. The Hall–Kier alpha value is -0.570. The van der Waals surface area contributed by atoms with Crippen LogP contribution in [0.4, 0.5) is 0 Å². The first-order chi connectivity index (χ1) is 7.34. The summed E-state index contributed by atoms with van der Waals surface area (Å²) in [6.07, 6.45) is 8.92. The van der Waals surface area contributed by atoms with Crippen LogP contribution in [-0.2, 0) is 4.79 Å². The molecular formula is C12H22N2O. The van der Waals surface area contributed by atoms with E-state index in [0.717, 1.165) is 19.0 Å². The monoisotopic (exact) mass is 210 g/mol. The second kappa shape index (κ2) is 5.50. The lowest BCUT2D eigenvalue weighted by Gasteiger charge is -2.26. The molecule has 15 heavy (non-hydrogen) atoms. The Kier molecular flexibility index (Phi) is 4.01. The third kappa shape index (κ3) is 3.49. The second-order valence-electron chi connectivity index (χ2n) is 4.94. The average molecular weight is 210 g/mol. The zero-order valence-electron chi connectivity index (χ0n) is 9.43. The van der Waals surface area contributed by atoms with E-state index in [1.54, 1.807) is 0 Å². The summed E-state index contributed by atoms with van der Waals surface area (Å²) in [7, 11) is 0. The van der Waals surface area contributed by atoms with Gasteiger partial charge in [0.25, 0.3) is 0 Å². The molecule has 1 amide bonds. The van der Waals surface area contributed by atoms with E-state index in [1.165, 1.54) is 38.5 Å². The van der Waals surface area contributed by atoms with Crippen molar-refractivity contribution in [2.45, 2.75) is 51.0 Å². The first-order valence-electron chi connectivity index (χ1n) is 6.34. The minimum atomic E-state index is 0.202. The van der Waals surface area contributed by atoms with E-state index in [0.29, 0.717) is 12.5 Å². The van der Waals surface area contributed by atoms with Gasteiger partial charge in [0.1, 0.15) is 0 Å². The van der Waals surface area contributed by atoms with Crippen LogP contribution in [0.2, 0.25) is 0 Å². The number of carbonyl (C=O) groups excluding carboxylic acids is 1. The zero-order valence-corrected chi connectivity index (χ0v) is 9.43. The highest BCUT2D eigenvalue weighted by molar-refractivity contribution is 5.76. The van der Waals surface area contributed by atoms with Gasteiger partial charge in [-0.05, 0) is 12.3 Å². The molecule has 0 aromatic heterocycles. The fraction of sp³-hybridized carbons (Fsp3) is 0.917. The summed E-state index contributed by atoms with van der Waals surface area (Å²) in [5.41, 5.74) is 0. The Bertz CT molecular complexity index is 212. The predicted molar refractivity (Wildman–Crippen MR) is 60.6 cm³/mol. The highest BCUT2D eigenvalue weighted by Crippen LogP contribution is 2.27. The second-order valence-corrected chi connectivity index (χ2v) is 4.94. The SMILES string of the molecule is O=C1CCNC(CC2CCCCC2)CN1. The number of nitrogens with one attached hydrogen (secondary N) is 2. The first-order valence-corrected chi connectivity index (χ1v) is 6.34. The summed E-state index contributed by atoms with van der Waals surface area (Å²) in [6, 6.07) is 0.513. The normalized spacial score (nSPS) is 29.6. The van der Waals surface area contributed by atoms with Crippen molar-refractivity contribution in [3.05, 3.63) is 0 Å². The maximum atomic E-state index is 11.2. The van der Waals surface area contributed by atoms with Gasteiger partial charge in [-0.25, -0.2) is 0 Å². The fourth-order valence-electron chi connectivity index (χ4n) is 2.78. The Balaban J connectivity index is 1.75. The number of amides is 1. The number of rotatable bonds is 2. The first kappa shape index (κ1) is 10.9. The van der Waals surface area contributed by atoms with Gasteiger partial charge in [0, 0.05) is 25.6 Å². The van der Waals surface area contributed by atoms with Crippen molar-refractivity contribution in [3.8, 4) is 0 Å². The van der Waals surface area contributed by atoms with Gasteiger partial charge in [-0.1, -0.05) is 32.1 Å². The molecule has 2 aliphatic rings. The van der Waals surface area contributed by atoms with Crippen LogP contribution in [0.5, 0.6) is 0 Å². The molecule has 1 atom stereocenters. The van der Waals surface area contributed by atoms with Crippen LogP contribution in [0.15, 0.2) is 0 Å². The van der Waals surface area contributed by atoms with Gasteiger partial charge < -0.3 is 10.6 Å². The maximum Gasteiger partial charge on any atom is 0.221 e. The summed E-state index contributed by atoms with van der Waals surface area (Å²) >= 11 is 0. The summed E-state index contributed by atoms with van der Waals surface area (Å²) in [6.45, 7) is 1.68. The van der Waals surface area contributed by atoms with E-state index in [4.69, 9.17) is 0 Å². The van der Waals surface area contributed by atoms with Crippen molar-refractivity contribution >= 4 is 5.91 Å². The van der Waals surface area contributed by atoms with Crippen LogP contribution >= 0.6 is 0 Å². The van der Waals surface area contributed by atoms with Crippen LogP contribution in [0.25, 0.3) is 0 Å². The molecule has 0 radical (unpaired) electrons. The van der Waals surface area contributed by atoms with Crippen LogP contribution in [0, 0.1) is 5.92 Å². The molecule has 0 aromatic rings. The largest absolute Gasteiger partial charge is 0.354 e. The van der Waals surface area contributed by atoms with E-state index in [1.807, 2.05) is 0 Å². The van der Waals surface area contributed by atoms with Crippen molar-refractivity contribution < 1.29 is 4.79 Å². The molecule has 3 nitrogen and oxygen atoms in total. The quantitative estimate of drug-likeness (QED) is 0.724. The Labute approximate surface area is 92.0 Å². The molecule has 0 spiro atoms. The lowest BCUT2D eigenvalue weighted by Crippen LogP contribution is -2.37. The third-order valence-electron chi connectivity index (χ3n) is 3.67. The van der Waals surface area contributed by atoms with Crippen LogP contribution < -0.4 is 10.6 Å². The molecule has 1 saturated carbocycles. The van der Waals surface area contributed by atoms with E-state index in [9.17, 15) is 4.79 Å². The van der Waals surface area contributed by atoms with Gasteiger partial charge >= 0.3 is 0 Å². The lowest BCUT2D eigenvalue weighted by atomic mass is 9.85. The minimum Gasteiger partial charge on any atom is -0.354 e. The molecule has 1 aliphatic heterocycles. The van der Waals surface area contributed by atoms with Crippen LogP contribution in [-0.4, -0.2) is 25.0 Å². The van der Waals surface area contributed by atoms with Crippen molar-refractivity contribution in [2.75, 3.05) is 13.1 Å². The van der Waals surface area contributed by atoms with E-state index >= 15 is 0 Å². The predicted octanol–water partition coefficient (Wildman–Crippen LogP) is 1.43. The number of hydrogen-bond donors (Lipinski definition) is 2. The van der Waals surface area contributed by atoms with Crippen molar-refractivity contribution in [1.29, 1.82) is 0 Å². The lowest BCUT2D eigenvalue weighted by molar-refractivity contribution is -0.120. The molecule has 1 heterocycles. The molecule has 3 heteroatoms. The molecule has 1 saturated heterocycles. The molecule has 86 valence electrons. The van der Waals surface area contributed by atoms with Gasteiger partial charge in [-0.15, -0.1) is 0 Å². The van der Waals surface area contributed by atoms with E-state index < -0.39 is 0 Å². The Morgan fingerprint density at radius 1 is 1.20 bits per heavy atom. The van der Waals surface area contributed by atoms with Gasteiger partial charge in [0.2, 0.25) is 5.91 Å². The summed E-state index contributed by atoms with van der Waals surface area (Å²) in [4.78, 5) is 11.2. The van der Waals surface area contributed by atoms with Crippen LogP contribution in [0.1, 0.15) is 44.9 Å². The summed E-state index contributed by atoms with van der Waals surface area (Å²) < 4.78 is 0. The number of hydrogen-bond acceptors (Lipinski definition) is 2. The molecule has 1 unspecified atom stereocenters.